The van der Waals surface area contributed by atoms with Crippen LogP contribution in [-0.2, 0) is 4.79 Å². The van der Waals surface area contributed by atoms with Gasteiger partial charge in [0.25, 0.3) is 0 Å². The molecule has 1 aliphatic rings. The third-order valence-electron chi connectivity index (χ3n) is 3.90. The predicted octanol–water partition coefficient (Wildman–Crippen LogP) is 2.98. The van der Waals surface area contributed by atoms with Crippen molar-refractivity contribution in [2.75, 3.05) is 5.32 Å². The number of anilines is 1. The minimum Gasteiger partial charge on any atom is -0.327 e. The summed E-state index contributed by atoms with van der Waals surface area (Å²) >= 11 is 0. The summed E-state index contributed by atoms with van der Waals surface area (Å²) in [5.74, 6) is -0.308. The quantitative estimate of drug-likeness (QED) is 0.881. The second-order valence-electron chi connectivity index (χ2n) is 5.39. The Morgan fingerprint density at radius 1 is 1.42 bits per heavy atom. The standard InChI is InChI=1S/C15H21FN2O/c1-10-5-4-7-12(16)15(10)18-14(19)9-11-6-2-3-8-13(11)17/h4-5,7,11,13H,2-3,6,8-9,17H2,1H3,(H,18,19). The average molecular weight is 264 g/mol. The minimum absolute atomic E-state index is 0.0983. The van der Waals surface area contributed by atoms with E-state index < -0.39 is 0 Å². The smallest absolute Gasteiger partial charge is 0.224 e. The number of nitrogens with two attached hydrogens (primary N) is 1. The lowest BCUT2D eigenvalue weighted by molar-refractivity contribution is -0.117. The van der Waals surface area contributed by atoms with Crippen molar-refractivity contribution in [1.29, 1.82) is 0 Å². The van der Waals surface area contributed by atoms with Gasteiger partial charge in [0.05, 0.1) is 5.69 Å². The number of amides is 1. The Kier molecular flexibility index (Phi) is 4.53. The van der Waals surface area contributed by atoms with E-state index in [2.05, 4.69) is 5.32 Å². The van der Waals surface area contributed by atoms with Crippen LogP contribution in [-0.4, -0.2) is 11.9 Å². The zero-order valence-electron chi connectivity index (χ0n) is 11.3. The molecule has 4 heteroatoms. The Bertz CT molecular complexity index is 441. The third kappa shape index (κ3) is 3.53. The highest BCUT2D eigenvalue weighted by Crippen LogP contribution is 2.26. The van der Waals surface area contributed by atoms with Crippen molar-refractivity contribution in [3.8, 4) is 0 Å². The molecular weight excluding hydrogens is 243 g/mol. The lowest BCUT2D eigenvalue weighted by atomic mass is 9.83. The Balaban J connectivity index is 1.97. The molecule has 2 atom stereocenters. The molecule has 0 radical (unpaired) electrons. The number of aryl methyl sites for hydroxylation is 1. The Labute approximate surface area is 113 Å². The van der Waals surface area contributed by atoms with Gasteiger partial charge >= 0.3 is 0 Å². The first-order chi connectivity index (χ1) is 9.08. The third-order valence-corrected chi connectivity index (χ3v) is 3.90. The van der Waals surface area contributed by atoms with Crippen LogP contribution < -0.4 is 11.1 Å². The number of hydrogen-bond acceptors (Lipinski definition) is 2. The zero-order valence-corrected chi connectivity index (χ0v) is 11.3. The van der Waals surface area contributed by atoms with E-state index in [9.17, 15) is 9.18 Å². The molecule has 3 nitrogen and oxygen atoms in total. The fourth-order valence-electron chi connectivity index (χ4n) is 2.71. The summed E-state index contributed by atoms with van der Waals surface area (Å²) in [4.78, 5) is 12.0. The van der Waals surface area contributed by atoms with Gasteiger partial charge in [-0.05, 0) is 37.3 Å². The van der Waals surface area contributed by atoms with Gasteiger partial charge in [-0.1, -0.05) is 25.0 Å². The van der Waals surface area contributed by atoms with Gasteiger partial charge in [0.2, 0.25) is 5.91 Å². The van der Waals surface area contributed by atoms with Gasteiger partial charge in [0, 0.05) is 12.5 Å². The summed E-state index contributed by atoms with van der Waals surface area (Å²) in [6.07, 6.45) is 4.63. The fraction of sp³-hybridized carbons (Fsp3) is 0.533. The van der Waals surface area contributed by atoms with Gasteiger partial charge < -0.3 is 11.1 Å². The van der Waals surface area contributed by atoms with Gasteiger partial charge in [-0.2, -0.15) is 0 Å². The maximum atomic E-state index is 13.6. The number of rotatable bonds is 3. The molecule has 0 spiro atoms. The van der Waals surface area contributed by atoms with E-state index in [0.717, 1.165) is 31.2 Å². The molecule has 1 saturated carbocycles. The van der Waals surface area contributed by atoms with Gasteiger partial charge in [-0.3, -0.25) is 4.79 Å². The van der Waals surface area contributed by atoms with Gasteiger partial charge in [0.15, 0.2) is 0 Å². The molecule has 1 fully saturated rings. The summed E-state index contributed by atoms with van der Waals surface area (Å²) in [7, 11) is 0. The molecule has 19 heavy (non-hydrogen) atoms. The second kappa shape index (κ2) is 6.15. The number of halogens is 1. The molecule has 0 aliphatic heterocycles. The number of para-hydroxylation sites is 1. The monoisotopic (exact) mass is 264 g/mol. The molecule has 0 aromatic heterocycles. The van der Waals surface area contributed by atoms with E-state index >= 15 is 0 Å². The maximum absolute atomic E-state index is 13.6. The SMILES string of the molecule is Cc1cccc(F)c1NC(=O)CC1CCCCC1N. The van der Waals surface area contributed by atoms with Crippen molar-refractivity contribution in [3.05, 3.63) is 29.6 Å². The molecule has 0 saturated heterocycles. The largest absolute Gasteiger partial charge is 0.327 e. The normalized spacial score (nSPS) is 23.1. The molecular formula is C15H21FN2O. The molecule has 1 aromatic carbocycles. The van der Waals surface area contributed by atoms with Crippen LogP contribution in [0.5, 0.6) is 0 Å². The fourth-order valence-corrected chi connectivity index (χ4v) is 2.71. The van der Waals surface area contributed by atoms with Crippen molar-refractivity contribution >= 4 is 11.6 Å². The summed E-state index contributed by atoms with van der Waals surface area (Å²) < 4.78 is 13.6. The summed E-state index contributed by atoms with van der Waals surface area (Å²) in [6, 6.07) is 4.87. The Morgan fingerprint density at radius 2 is 2.16 bits per heavy atom. The van der Waals surface area contributed by atoms with Gasteiger partial charge in [-0.15, -0.1) is 0 Å². The van der Waals surface area contributed by atoms with E-state index in [4.69, 9.17) is 5.73 Å². The topological polar surface area (TPSA) is 55.1 Å². The van der Waals surface area contributed by atoms with Crippen LogP contribution in [0.15, 0.2) is 18.2 Å². The second-order valence-corrected chi connectivity index (χ2v) is 5.39. The van der Waals surface area contributed by atoms with Gasteiger partial charge in [0.1, 0.15) is 5.82 Å². The van der Waals surface area contributed by atoms with E-state index in [0.29, 0.717) is 6.42 Å². The summed E-state index contributed by atoms with van der Waals surface area (Å²) in [5, 5.41) is 2.68. The van der Waals surface area contributed by atoms with Crippen molar-refractivity contribution in [2.45, 2.75) is 45.1 Å². The first kappa shape index (κ1) is 14.0. The lowest BCUT2D eigenvalue weighted by Gasteiger charge is -2.28. The van der Waals surface area contributed by atoms with E-state index in [1.807, 2.05) is 0 Å². The van der Waals surface area contributed by atoms with Crippen LogP contribution >= 0.6 is 0 Å². The molecule has 1 amide bonds. The molecule has 1 aromatic rings. The number of hydrogen-bond donors (Lipinski definition) is 2. The molecule has 1 aliphatic carbocycles. The summed E-state index contributed by atoms with van der Waals surface area (Å²) in [6.45, 7) is 1.78. The zero-order chi connectivity index (χ0) is 13.8. The van der Waals surface area contributed by atoms with E-state index in [1.54, 1.807) is 19.1 Å². The molecule has 0 bridgehead atoms. The highest BCUT2D eigenvalue weighted by molar-refractivity contribution is 5.91. The minimum atomic E-state index is -0.388. The molecule has 3 N–H and O–H groups in total. The maximum Gasteiger partial charge on any atom is 0.224 e. The lowest BCUT2D eigenvalue weighted by Crippen LogP contribution is -2.35. The first-order valence-corrected chi connectivity index (χ1v) is 6.88. The number of carbonyl (C=O) groups excluding carboxylic acids is 1. The summed E-state index contributed by atoms with van der Waals surface area (Å²) in [5.41, 5.74) is 7.05. The molecule has 0 heterocycles. The predicted molar refractivity (Wildman–Crippen MR) is 74.3 cm³/mol. The highest BCUT2D eigenvalue weighted by atomic mass is 19.1. The Morgan fingerprint density at radius 3 is 2.84 bits per heavy atom. The van der Waals surface area contributed by atoms with Crippen molar-refractivity contribution in [1.82, 2.24) is 0 Å². The number of carbonyl (C=O) groups is 1. The van der Waals surface area contributed by atoms with E-state index in [-0.39, 0.29) is 29.4 Å². The molecule has 2 rings (SSSR count). The van der Waals surface area contributed by atoms with Crippen molar-refractivity contribution in [3.63, 3.8) is 0 Å². The average Bonchev–Trinajstić information content (AvgIpc) is 2.37. The number of nitrogens with one attached hydrogen (secondary N) is 1. The number of benzene rings is 1. The van der Waals surface area contributed by atoms with Crippen molar-refractivity contribution < 1.29 is 9.18 Å². The van der Waals surface area contributed by atoms with E-state index in [1.165, 1.54) is 6.07 Å². The Hall–Kier alpha value is -1.42. The first-order valence-electron chi connectivity index (χ1n) is 6.88. The van der Waals surface area contributed by atoms with Crippen LogP contribution in [0.2, 0.25) is 0 Å². The van der Waals surface area contributed by atoms with Crippen molar-refractivity contribution in [2.24, 2.45) is 11.7 Å². The van der Waals surface area contributed by atoms with Crippen LogP contribution in [0.3, 0.4) is 0 Å². The highest BCUT2D eigenvalue weighted by Gasteiger charge is 2.24. The van der Waals surface area contributed by atoms with Crippen LogP contribution in [0.1, 0.15) is 37.7 Å². The van der Waals surface area contributed by atoms with Crippen LogP contribution in [0, 0.1) is 18.7 Å². The van der Waals surface area contributed by atoms with Crippen LogP contribution in [0.4, 0.5) is 10.1 Å². The van der Waals surface area contributed by atoms with Gasteiger partial charge in [-0.25, -0.2) is 4.39 Å². The van der Waals surface area contributed by atoms with Crippen LogP contribution in [0.25, 0.3) is 0 Å². The molecule has 2 unspecified atom stereocenters. The molecule has 104 valence electrons.